The summed E-state index contributed by atoms with van der Waals surface area (Å²) in [5.41, 5.74) is 0.289. The Morgan fingerprint density at radius 1 is 1.19 bits per heavy atom. The van der Waals surface area contributed by atoms with E-state index in [2.05, 4.69) is 69.5 Å². The van der Waals surface area contributed by atoms with Crippen LogP contribution in [0.1, 0.15) is 41.0 Å². The minimum atomic E-state index is -0.327. The van der Waals surface area contributed by atoms with Crippen LogP contribution < -0.4 is 5.19 Å². The summed E-state index contributed by atoms with van der Waals surface area (Å²) >= 11 is 0. The molecule has 0 aliphatic heterocycles. The smallest absolute Gasteiger partial charge is 0.128 e. The van der Waals surface area contributed by atoms with Crippen molar-refractivity contribution in [2.45, 2.75) is 52.6 Å². The van der Waals surface area contributed by atoms with Crippen molar-refractivity contribution in [1.82, 2.24) is 4.57 Å². The van der Waals surface area contributed by atoms with E-state index in [0.29, 0.717) is 6.04 Å². The van der Waals surface area contributed by atoms with Gasteiger partial charge in [0.05, 0.1) is 0 Å². The molecule has 1 aromatic rings. The maximum atomic E-state index is 2.71. The second-order valence-electron chi connectivity index (χ2n) is 5.54. The summed E-state index contributed by atoms with van der Waals surface area (Å²) in [6.07, 6.45) is 1.23. The van der Waals surface area contributed by atoms with E-state index in [9.17, 15) is 0 Å². The molecule has 0 aliphatic rings. The van der Waals surface area contributed by atoms with Gasteiger partial charge < -0.3 is 4.57 Å². The van der Waals surface area contributed by atoms with Crippen LogP contribution in [-0.4, -0.2) is 25.8 Å². The van der Waals surface area contributed by atoms with Gasteiger partial charge in [-0.3, -0.25) is 0 Å². The molecule has 0 N–H and O–H groups in total. The second-order valence-corrected chi connectivity index (χ2v) is 7.36. The maximum Gasteiger partial charge on any atom is 0.128 e. The standard InChI is InChI=1S/C14H25NSi/c1-6-12(2)15(14(3,4)5)16-13-10-8-7-9-11-13/h7-12H,6,16H2,1-5H3. The number of rotatable bonds is 4. The molecule has 1 rings (SSSR count). The van der Waals surface area contributed by atoms with Crippen LogP contribution in [0.2, 0.25) is 0 Å². The Labute approximate surface area is 103 Å². The third-order valence-corrected chi connectivity index (χ3v) is 5.93. The highest BCUT2D eigenvalue weighted by atomic mass is 28.2. The van der Waals surface area contributed by atoms with E-state index in [1.165, 1.54) is 11.6 Å². The fourth-order valence-electron chi connectivity index (χ4n) is 2.05. The second kappa shape index (κ2) is 5.64. The van der Waals surface area contributed by atoms with Crippen LogP contribution in [-0.2, 0) is 0 Å². The van der Waals surface area contributed by atoms with Crippen LogP contribution in [0, 0.1) is 0 Å². The van der Waals surface area contributed by atoms with Crippen LogP contribution >= 0.6 is 0 Å². The molecule has 1 unspecified atom stereocenters. The molecule has 0 radical (unpaired) electrons. The maximum absolute atomic E-state index is 2.71. The molecule has 0 fully saturated rings. The molecule has 16 heavy (non-hydrogen) atoms. The molecule has 0 aliphatic carbocycles. The molecule has 1 aromatic carbocycles. The quantitative estimate of drug-likeness (QED) is 0.724. The number of hydrogen-bond acceptors (Lipinski definition) is 1. The summed E-state index contributed by atoms with van der Waals surface area (Å²) in [6, 6.07) is 11.6. The zero-order valence-electron chi connectivity index (χ0n) is 11.3. The predicted molar refractivity (Wildman–Crippen MR) is 76.0 cm³/mol. The Morgan fingerprint density at radius 3 is 2.19 bits per heavy atom. The lowest BCUT2D eigenvalue weighted by Crippen LogP contribution is -2.52. The Balaban J connectivity index is 2.80. The molecule has 1 atom stereocenters. The summed E-state index contributed by atoms with van der Waals surface area (Å²) in [4.78, 5) is 0. The molecule has 0 saturated heterocycles. The first-order chi connectivity index (χ1) is 7.45. The van der Waals surface area contributed by atoms with E-state index >= 15 is 0 Å². The Hall–Kier alpha value is -0.603. The average Bonchev–Trinajstić information content (AvgIpc) is 2.25. The van der Waals surface area contributed by atoms with Gasteiger partial charge in [0.2, 0.25) is 0 Å². The van der Waals surface area contributed by atoms with Gasteiger partial charge in [0.25, 0.3) is 0 Å². The Kier molecular flexibility index (Phi) is 4.75. The van der Waals surface area contributed by atoms with Crippen molar-refractivity contribution in [3.05, 3.63) is 30.3 Å². The molecular weight excluding hydrogens is 210 g/mol. The van der Waals surface area contributed by atoms with Crippen LogP contribution in [0.15, 0.2) is 30.3 Å². The molecule has 0 heterocycles. The molecule has 2 heteroatoms. The molecule has 1 nitrogen and oxygen atoms in total. The first kappa shape index (κ1) is 13.5. The van der Waals surface area contributed by atoms with Crippen LogP contribution in [0.3, 0.4) is 0 Å². The normalized spacial score (nSPS) is 14.9. The lowest BCUT2D eigenvalue weighted by molar-refractivity contribution is 0.199. The third kappa shape index (κ3) is 3.76. The summed E-state index contributed by atoms with van der Waals surface area (Å²) in [5, 5.41) is 1.54. The van der Waals surface area contributed by atoms with Crippen molar-refractivity contribution < 1.29 is 0 Å². The van der Waals surface area contributed by atoms with E-state index < -0.39 is 0 Å². The summed E-state index contributed by atoms with van der Waals surface area (Å²) in [7, 11) is -0.327. The molecule has 90 valence electrons. The first-order valence-electron chi connectivity index (χ1n) is 6.25. The number of nitrogens with zero attached hydrogens (tertiary/aromatic N) is 1. The minimum absolute atomic E-state index is 0.289. The average molecular weight is 235 g/mol. The first-order valence-corrected chi connectivity index (χ1v) is 7.59. The monoisotopic (exact) mass is 235 g/mol. The number of hydrogen-bond donors (Lipinski definition) is 0. The van der Waals surface area contributed by atoms with Crippen LogP contribution in [0.25, 0.3) is 0 Å². The predicted octanol–water partition coefficient (Wildman–Crippen LogP) is 2.29. The zero-order chi connectivity index (χ0) is 12.2. The van der Waals surface area contributed by atoms with Crippen molar-refractivity contribution in [2.75, 3.05) is 0 Å². The van der Waals surface area contributed by atoms with Gasteiger partial charge in [-0.25, -0.2) is 0 Å². The molecule has 0 saturated carbocycles. The lowest BCUT2D eigenvalue weighted by atomic mass is 10.1. The Morgan fingerprint density at radius 2 is 1.75 bits per heavy atom. The molecule has 0 spiro atoms. The van der Waals surface area contributed by atoms with Gasteiger partial charge in [0.1, 0.15) is 9.68 Å². The summed E-state index contributed by atoms with van der Waals surface area (Å²) in [5.74, 6) is 0. The van der Waals surface area contributed by atoms with Gasteiger partial charge in [0, 0.05) is 11.6 Å². The fourth-order valence-corrected chi connectivity index (χ4v) is 3.98. The largest absolute Gasteiger partial charge is 0.318 e. The summed E-state index contributed by atoms with van der Waals surface area (Å²) < 4.78 is 2.71. The molecule has 0 bridgehead atoms. The van der Waals surface area contributed by atoms with Gasteiger partial charge in [-0.1, -0.05) is 44.2 Å². The molecule has 0 amide bonds. The van der Waals surface area contributed by atoms with E-state index in [1.807, 2.05) is 0 Å². The van der Waals surface area contributed by atoms with Crippen LogP contribution in [0.4, 0.5) is 0 Å². The fraction of sp³-hybridized carbons (Fsp3) is 0.571. The lowest BCUT2D eigenvalue weighted by Gasteiger charge is -2.40. The highest BCUT2D eigenvalue weighted by Gasteiger charge is 2.25. The zero-order valence-corrected chi connectivity index (χ0v) is 12.7. The van der Waals surface area contributed by atoms with E-state index in [-0.39, 0.29) is 15.2 Å². The van der Waals surface area contributed by atoms with Gasteiger partial charge in [-0.15, -0.1) is 0 Å². The van der Waals surface area contributed by atoms with E-state index in [0.717, 1.165) is 0 Å². The molecular formula is C14H25NSi. The SMILES string of the molecule is CCC(C)N([SiH2]c1ccccc1)C(C)(C)C. The summed E-state index contributed by atoms with van der Waals surface area (Å²) in [6.45, 7) is 11.6. The van der Waals surface area contributed by atoms with Crippen molar-refractivity contribution in [3.8, 4) is 0 Å². The van der Waals surface area contributed by atoms with E-state index in [1.54, 1.807) is 0 Å². The molecule has 0 aromatic heterocycles. The van der Waals surface area contributed by atoms with Crippen molar-refractivity contribution >= 4 is 14.9 Å². The van der Waals surface area contributed by atoms with Gasteiger partial charge >= 0.3 is 0 Å². The van der Waals surface area contributed by atoms with Crippen molar-refractivity contribution in [3.63, 3.8) is 0 Å². The van der Waals surface area contributed by atoms with E-state index in [4.69, 9.17) is 0 Å². The minimum Gasteiger partial charge on any atom is -0.318 e. The topological polar surface area (TPSA) is 3.24 Å². The Bertz CT molecular complexity index is 302. The van der Waals surface area contributed by atoms with Gasteiger partial charge in [-0.2, -0.15) is 0 Å². The van der Waals surface area contributed by atoms with Crippen LogP contribution in [0.5, 0.6) is 0 Å². The van der Waals surface area contributed by atoms with Crippen molar-refractivity contribution in [2.24, 2.45) is 0 Å². The highest BCUT2D eigenvalue weighted by Crippen LogP contribution is 2.17. The van der Waals surface area contributed by atoms with Gasteiger partial charge in [0.15, 0.2) is 0 Å². The number of benzene rings is 1. The van der Waals surface area contributed by atoms with Gasteiger partial charge in [-0.05, 0) is 32.4 Å². The van der Waals surface area contributed by atoms with Crippen molar-refractivity contribution in [1.29, 1.82) is 0 Å². The highest BCUT2D eigenvalue weighted by molar-refractivity contribution is 6.50. The third-order valence-electron chi connectivity index (χ3n) is 3.18.